The van der Waals surface area contributed by atoms with Crippen LogP contribution in [0.2, 0.25) is 0 Å². The topological polar surface area (TPSA) is 55.1 Å². The summed E-state index contributed by atoms with van der Waals surface area (Å²) < 4.78 is 0. The minimum Gasteiger partial charge on any atom is -0.356 e. The van der Waals surface area contributed by atoms with Gasteiger partial charge >= 0.3 is 0 Å². The van der Waals surface area contributed by atoms with E-state index >= 15 is 0 Å². The van der Waals surface area contributed by atoms with Crippen LogP contribution in [-0.4, -0.2) is 18.5 Å². The summed E-state index contributed by atoms with van der Waals surface area (Å²) in [5.41, 5.74) is 5.48. The molecule has 0 aromatic heterocycles. The van der Waals surface area contributed by atoms with Gasteiger partial charge < -0.3 is 11.1 Å². The molecule has 3 nitrogen and oxygen atoms in total. The second-order valence-corrected chi connectivity index (χ2v) is 2.61. The van der Waals surface area contributed by atoms with E-state index < -0.39 is 0 Å². The average Bonchev–Trinajstić information content (AvgIpc) is 1.87. The maximum Gasteiger partial charge on any atom is 0.223 e. The van der Waals surface area contributed by atoms with Crippen LogP contribution >= 0.6 is 0 Å². The van der Waals surface area contributed by atoms with Crippen LogP contribution in [0.1, 0.15) is 19.8 Å². The first-order chi connectivity index (χ1) is 5.16. The minimum absolute atomic E-state index is 0.0145. The molecule has 0 rings (SSSR count). The van der Waals surface area contributed by atoms with Crippen molar-refractivity contribution in [3.63, 3.8) is 0 Å². The number of carbonyl (C=O) groups is 1. The Morgan fingerprint density at radius 1 is 1.82 bits per heavy atom. The van der Waals surface area contributed by atoms with Crippen LogP contribution < -0.4 is 11.1 Å². The minimum atomic E-state index is 0.0145. The molecule has 64 valence electrons. The van der Waals surface area contributed by atoms with Crippen LogP contribution in [0.3, 0.4) is 0 Å². The quantitative estimate of drug-likeness (QED) is 0.567. The standard InChI is InChI=1S/C8H16N2O/c1-3-4-8(11)10-6-5-7(2)9/h3,7H,1,4-6,9H2,2H3,(H,10,11). The molecule has 0 fully saturated rings. The van der Waals surface area contributed by atoms with Crippen molar-refractivity contribution in [2.45, 2.75) is 25.8 Å². The SMILES string of the molecule is C=CCC(=O)NCCC(C)N. The van der Waals surface area contributed by atoms with Gasteiger partial charge in [0.1, 0.15) is 0 Å². The monoisotopic (exact) mass is 156 g/mol. The Morgan fingerprint density at radius 2 is 2.45 bits per heavy atom. The predicted molar refractivity (Wildman–Crippen MR) is 46.1 cm³/mol. The maximum absolute atomic E-state index is 10.8. The molecule has 1 unspecified atom stereocenters. The molecule has 0 aliphatic carbocycles. The van der Waals surface area contributed by atoms with Crippen molar-refractivity contribution in [1.29, 1.82) is 0 Å². The van der Waals surface area contributed by atoms with E-state index in [1.54, 1.807) is 6.08 Å². The summed E-state index contributed by atoms with van der Waals surface area (Å²) in [5.74, 6) is 0.0145. The van der Waals surface area contributed by atoms with Crippen LogP contribution in [0.5, 0.6) is 0 Å². The van der Waals surface area contributed by atoms with Gasteiger partial charge in [-0.05, 0) is 13.3 Å². The number of rotatable bonds is 5. The van der Waals surface area contributed by atoms with Gasteiger partial charge in [-0.15, -0.1) is 6.58 Å². The van der Waals surface area contributed by atoms with Gasteiger partial charge in [0.25, 0.3) is 0 Å². The first kappa shape index (κ1) is 10.2. The summed E-state index contributed by atoms with van der Waals surface area (Å²) in [5, 5.41) is 2.72. The molecular weight excluding hydrogens is 140 g/mol. The van der Waals surface area contributed by atoms with E-state index in [0.717, 1.165) is 6.42 Å². The van der Waals surface area contributed by atoms with E-state index in [0.29, 0.717) is 13.0 Å². The fourth-order valence-electron chi connectivity index (χ4n) is 0.643. The van der Waals surface area contributed by atoms with Gasteiger partial charge in [0.15, 0.2) is 0 Å². The van der Waals surface area contributed by atoms with Crippen molar-refractivity contribution in [1.82, 2.24) is 5.32 Å². The van der Waals surface area contributed by atoms with Crippen LogP contribution in [0.25, 0.3) is 0 Å². The van der Waals surface area contributed by atoms with Crippen LogP contribution in [0.4, 0.5) is 0 Å². The molecule has 3 N–H and O–H groups in total. The van der Waals surface area contributed by atoms with E-state index in [4.69, 9.17) is 5.73 Å². The Hall–Kier alpha value is -0.830. The van der Waals surface area contributed by atoms with Gasteiger partial charge in [0, 0.05) is 19.0 Å². The molecule has 3 heteroatoms. The fourth-order valence-corrected chi connectivity index (χ4v) is 0.643. The molecular formula is C8H16N2O. The Morgan fingerprint density at radius 3 is 2.91 bits per heavy atom. The Labute approximate surface area is 67.7 Å². The molecule has 0 spiro atoms. The van der Waals surface area contributed by atoms with Crippen molar-refractivity contribution in [2.75, 3.05) is 6.54 Å². The van der Waals surface area contributed by atoms with Crippen molar-refractivity contribution < 1.29 is 4.79 Å². The van der Waals surface area contributed by atoms with Gasteiger partial charge in [-0.1, -0.05) is 6.08 Å². The van der Waals surface area contributed by atoms with Gasteiger partial charge in [-0.2, -0.15) is 0 Å². The third-order valence-electron chi connectivity index (χ3n) is 1.25. The molecule has 0 radical (unpaired) electrons. The molecule has 0 bridgehead atoms. The number of hydrogen-bond donors (Lipinski definition) is 2. The third kappa shape index (κ3) is 7.06. The van der Waals surface area contributed by atoms with Crippen LogP contribution in [-0.2, 0) is 4.79 Å². The Bertz CT molecular complexity index is 132. The highest BCUT2D eigenvalue weighted by atomic mass is 16.1. The zero-order valence-corrected chi connectivity index (χ0v) is 6.97. The first-order valence-corrected chi connectivity index (χ1v) is 3.80. The summed E-state index contributed by atoms with van der Waals surface area (Å²) in [6.45, 7) is 6.03. The van der Waals surface area contributed by atoms with Gasteiger partial charge in [-0.3, -0.25) is 4.79 Å². The van der Waals surface area contributed by atoms with E-state index in [1.807, 2.05) is 6.92 Å². The highest BCUT2D eigenvalue weighted by molar-refractivity contribution is 5.77. The highest BCUT2D eigenvalue weighted by Gasteiger charge is 1.97. The normalized spacial score (nSPS) is 12.2. The zero-order chi connectivity index (χ0) is 8.69. The van der Waals surface area contributed by atoms with Crippen LogP contribution in [0.15, 0.2) is 12.7 Å². The number of amides is 1. The third-order valence-corrected chi connectivity index (χ3v) is 1.25. The molecule has 1 amide bonds. The lowest BCUT2D eigenvalue weighted by atomic mass is 10.2. The molecule has 11 heavy (non-hydrogen) atoms. The van der Waals surface area contributed by atoms with Gasteiger partial charge in [0.05, 0.1) is 0 Å². The van der Waals surface area contributed by atoms with Crippen molar-refractivity contribution in [3.8, 4) is 0 Å². The Balaban J connectivity index is 3.24. The summed E-state index contributed by atoms with van der Waals surface area (Å²) in [6.07, 6.45) is 2.79. The summed E-state index contributed by atoms with van der Waals surface area (Å²) in [7, 11) is 0. The number of nitrogens with one attached hydrogen (secondary N) is 1. The summed E-state index contributed by atoms with van der Waals surface area (Å²) >= 11 is 0. The van der Waals surface area contributed by atoms with Crippen molar-refractivity contribution in [3.05, 3.63) is 12.7 Å². The number of hydrogen-bond acceptors (Lipinski definition) is 2. The summed E-state index contributed by atoms with van der Waals surface area (Å²) in [6, 6.07) is 0.152. The van der Waals surface area contributed by atoms with E-state index in [-0.39, 0.29) is 11.9 Å². The molecule has 0 saturated heterocycles. The molecule has 0 aromatic carbocycles. The lowest BCUT2D eigenvalue weighted by molar-refractivity contribution is -0.120. The van der Waals surface area contributed by atoms with Crippen molar-refractivity contribution >= 4 is 5.91 Å². The summed E-state index contributed by atoms with van der Waals surface area (Å²) in [4.78, 5) is 10.8. The van der Waals surface area contributed by atoms with E-state index in [1.165, 1.54) is 0 Å². The molecule has 0 heterocycles. The first-order valence-electron chi connectivity index (χ1n) is 3.80. The molecule has 0 aliphatic heterocycles. The maximum atomic E-state index is 10.8. The van der Waals surface area contributed by atoms with Crippen molar-refractivity contribution in [2.24, 2.45) is 5.73 Å². The van der Waals surface area contributed by atoms with Gasteiger partial charge in [0.2, 0.25) is 5.91 Å². The van der Waals surface area contributed by atoms with Crippen LogP contribution in [0, 0.1) is 0 Å². The zero-order valence-electron chi connectivity index (χ0n) is 6.97. The largest absolute Gasteiger partial charge is 0.356 e. The molecule has 0 aliphatic rings. The Kier molecular flexibility index (Phi) is 5.47. The predicted octanol–water partition coefficient (Wildman–Crippen LogP) is 0.416. The second-order valence-electron chi connectivity index (χ2n) is 2.61. The molecule has 0 saturated carbocycles. The van der Waals surface area contributed by atoms with E-state index in [2.05, 4.69) is 11.9 Å². The average molecular weight is 156 g/mol. The smallest absolute Gasteiger partial charge is 0.223 e. The molecule has 1 atom stereocenters. The lowest BCUT2D eigenvalue weighted by Gasteiger charge is -2.05. The number of carbonyl (C=O) groups excluding carboxylic acids is 1. The molecule has 0 aromatic rings. The second kappa shape index (κ2) is 5.92. The highest BCUT2D eigenvalue weighted by Crippen LogP contribution is 1.84. The van der Waals surface area contributed by atoms with Gasteiger partial charge in [-0.25, -0.2) is 0 Å². The lowest BCUT2D eigenvalue weighted by Crippen LogP contribution is -2.28. The fraction of sp³-hybridized carbons (Fsp3) is 0.625. The van der Waals surface area contributed by atoms with E-state index in [9.17, 15) is 4.79 Å². The number of nitrogens with two attached hydrogens (primary N) is 1.